The molecular weight excluding hydrogens is 292 g/mol. The van der Waals surface area contributed by atoms with Gasteiger partial charge < -0.3 is 5.32 Å². The first-order valence-corrected chi connectivity index (χ1v) is 5.36. The van der Waals surface area contributed by atoms with E-state index in [1.165, 1.54) is 6.07 Å². The van der Waals surface area contributed by atoms with E-state index < -0.39 is 4.92 Å². The summed E-state index contributed by atoms with van der Waals surface area (Å²) >= 11 is 3.25. The normalized spacial score (nSPS) is 10.2. The van der Waals surface area contributed by atoms with Crippen LogP contribution in [0.1, 0.15) is 5.82 Å². The second-order valence-electron chi connectivity index (χ2n) is 3.10. The maximum absolute atomic E-state index is 10.8. The Kier molecular flexibility index (Phi) is 3.28. The van der Waals surface area contributed by atoms with Crippen molar-refractivity contribution in [1.82, 2.24) is 20.6 Å². The molecule has 0 saturated heterocycles. The Morgan fingerprint density at radius 3 is 3.00 bits per heavy atom. The van der Waals surface area contributed by atoms with Gasteiger partial charge in [0.15, 0.2) is 5.82 Å². The Hall–Kier alpha value is -2.03. The number of nitro benzene ring substituents is 1. The number of halogens is 1. The summed E-state index contributed by atoms with van der Waals surface area (Å²) in [4.78, 5) is 10.3. The lowest BCUT2D eigenvalue weighted by molar-refractivity contribution is -0.384. The van der Waals surface area contributed by atoms with Crippen molar-refractivity contribution >= 4 is 27.3 Å². The summed E-state index contributed by atoms with van der Waals surface area (Å²) in [6.45, 7) is 0.258. The molecule has 0 spiro atoms. The zero-order valence-electron chi connectivity index (χ0n) is 8.42. The molecule has 0 radical (unpaired) electrons. The fourth-order valence-corrected chi connectivity index (χ4v) is 1.60. The maximum atomic E-state index is 10.8. The van der Waals surface area contributed by atoms with Crippen LogP contribution in [0.5, 0.6) is 0 Å². The van der Waals surface area contributed by atoms with Gasteiger partial charge >= 0.3 is 0 Å². The van der Waals surface area contributed by atoms with Crippen molar-refractivity contribution in [2.45, 2.75) is 6.54 Å². The molecule has 1 aromatic carbocycles. The van der Waals surface area contributed by atoms with Crippen LogP contribution in [0, 0.1) is 10.1 Å². The maximum Gasteiger partial charge on any atom is 0.292 e. The average Bonchev–Trinajstić information content (AvgIpc) is 2.78. The molecule has 0 aliphatic carbocycles. The van der Waals surface area contributed by atoms with E-state index in [2.05, 4.69) is 41.9 Å². The van der Waals surface area contributed by atoms with Gasteiger partial charge in [0.25, 0.3) is 5.69 Å². The first-order chi connectivity index (χ1) is 8.16. The molecule has 1 aromatic heterocycles. The summed E-state index contributed by atoms with van der Waals surface area (Å²) in [5.41, 5.74) is 0.394. The van der Waals surface area contributed by atoms with Gasteiger partial charge in [-0.05, 0) is 12.1 Å². The van der Waals surface area contributed by atoms with E-state index in [0.29, 0.717) is 11.5 Å². The molecule has 17 heavy (non-hydrogen) atoms. The minimum atomic E-state index is -0.453. The molecule has 0 saturated carbocycles. The Morgan fingerprint density at radius 2 is 2.35 bits per heavy atom. The van der Waals surface area contributed by atoms with E-state index in [1.807, 2.05) is 0 Å². The Bertz CT molecular complexity index is 529. The molecule has 0 bridgehead atoms. The fraction of sp³-hybridized carbons (Fsp3) is 0.125. The van der Waals surface area contributed by atoms with Gasteiger partial charge in [0.2, 0.25) is 0 Å². The van der Waals surface area contributed by atoms with Gasteiger partial charge in [-0.25, -0.2) is 0 Å². The smallest absolute Gasteiger partial charge is 0.292 e. The van der Waals surface area contributed by atoms with Crippen LogP contribution in [0.4, 0.5) is 11.4 Å². The highest BCUT2D eigenvalue weighted by Gasteiger charge is 2.13. The van der Waals surface area contributed by atoms with Crippen LogP contribution in [0.25, 0.3) is 0 Å². The Morgan fingerprint density at radius 1 is 1.53 bits per heavy atom. The summed E-state index contributed by atoms with van der Waals surface area (Å²) in [7, 11) is 0. The second-order valence-corrected chi connectivity index (χ2v) is 4.02. The number of hydrogen-bond donors (Lipinski definition) is 2. The first kappa shape index (κ1) is 11.5. The van der Waals surface area contributed by atoms with E-state index in [9.17, 15) is 10.1 Å². The monoisotopic (exact) mass is 298 g/mol. The summed E-state index contributed by atoms with van der Waals surface area (Å²) in [6, 6.07) is 4.65. The van der Waals surface area contributed by atoms with Gasteiger partial charge in [-0.3, -0.25) is 10.1 Å². The van der Waals surface area contributed by atoms with Crippen LogP contribution < -0.4 is 5.32 Å². The minimum absolute atomic E-state index is 0.00306. The van der Waals surface area contributed by atoms with Crippen molar-refractivity contribution < 1.29 is 4.92 Å². The van der Waals surface area contributed by atoms with E-state index in [0.717, 1.165) is 4.47 Å². The van der Waals surface area contributed by atoms with Crippen molar-refractivity contribution in [3.8, 4) is 0 Å². The lowest BCUT2D eigenvalue weighted by Gasteiger charge is -2.04. The van der Waals surface area contributed by atoms with Crippen LogP contribution in [-0.2, 0) is 6.54 Å². The number of rotatable bonds is 4. The topological polar surface area (TPSA) is 110 Å². The summed E-state index contributed by atoms with van der Waals surface area (Å²) in [6.07, 6.45) is 0. The molecule has 88 valence electrons. The lowest BCUT2D eigenvalue weighted by atomic mass is 10.2. The molecular formula is C8H7BrN6O2. The van der Waals surface area contributed by atoms with Gasteiger partial charge in [0.1, 0.15) is 5.69 Å². The molecule has 0 fully saturated rings. The number of benzene rings is 1. The van der Waals surface area contributed by atoms with Crippen LogP contribution in [-0.4, -0.2) is 25.5 Å². The van der Waals surface area contributed by atoms with E-state index >= 15 is 0 Å². The number of anilines is 1. The van der Waals surface area contributed by atoms with Crippen molar-refractivity contribution in [1.29, 1.82) is 0 Å². The van der Waals surface area contributed by atoms with Gasteiger partial charge in [-0.15, -0.1) is 10.2 Å². The van der Waals surface area contributed by atoms with Crippen LogP contribution in [0.15, 0.2) is 22.7 Å². The number of nitro groups is 1. The molecule has 0 aliphatic heterocycles. The first-order valence-electron chi connectivity index (χ1n) is 4.57. The Balaban J connectivity index is 2.19. The van der Waals surface area contributed by atoms with Crippen LogP contribution in [0.3, 0.4) is 0 Å². The predicted molar refractivity (Wildman–Crippen MR) is 62.3 cm³/mol. The van der Waals surface area contributed by atoms with Gasteiger partial charge in [-0.2, -0.15) is 5.21 Å². The number of aromatic amines is 1. The molecule has 8 nitrogen and oxygen atoms in total. The van der Waals surface area contributed by atoms with Crippen LogP contribution in [0.2, 0.25) is 0 Å². The van der Waals surface area contributed by atoms with E-state index in [4.69, 9.17) is 0 Å². The molecule has 0 aliphatic rings. The average molecular weight is 299 g/mol. The van der Waals surface area contributed by atoms with Crippen molar-refractivity contribution in [2.24, 2.45) is 0 Å². The number of H-pyrrole nitrogens is 1. The molecule has 0 unspecified atom stereocenters. The van der Waals surface area contributed by atoms with Gasteiger partial charge in [-0.1, -0.05) is 21.1 Å². The Labute approximate surface area is 104 Å². The third-order valence-electron chi connectivity index (χ3n) is 1.98. The molecule has 0 amide bonds. The summed E-state index contributed by atoms with van der Waals surface area (Å²) in [5, 5.41) is 26.8. The highest BCUT2D eigenvalue weighted by molar-refractivity contribution is 9.10. The summed E-state index contributed by atoms with van der Waals surface area (Å²) < 4.78 is 0.749. The molecule has 9 heteroatoms. The van der Waals surface area contributed by atoms with Gasteiger partial charge in [0.05, 0.1) is 11.5 Å². The third-order valence-corrected chi connectivity index (χ3v) is 2.47. The number of aromatic nitrogens is 4. The highest BCUT2D eigenvalue weighted by Crippen LogP contribution is 2.27. The van der Waals surface area contributed by atoms with Gasteiger partial charge in [0, 0.05) is 10.5 Å². The quantitative estimate of drug-likeness (QED) is 0.653. The standard InChI is InChI=1S/C8H7BrN6O2/c9-5-1-2-7(15(16)17)6(3-5)10-4-8-11-13-14-12-8/h1-3,10H,4H2,(H,11,12,13,14). The SMILES string of the molecule is O=[N+]([O-])c1ccc(Br)cc1NCc1nn[nH]n1. The molecule has 1 heterocycles. The van der Waals surface area contributed by atoms with Crippen molar-refractivity contribution in [3.63, 3.8) is 0 Å². The van der Waals surface area contributed by atoms with Crippen LogP contribution >= 0.6 is 15.9 Å². The number of nitrogens with one attached hydrogen (secondary N) is 2. The summed E-state index contributed by atoms with van der Waals surface area (Å²) in [5.74, 6) is 0.430. The van der Waals surface area contributed by atoms with E-state index in [-0.39, 0.29) is 12.2 Å². The van der Waals surface area contributed by atoms with E-state index in [1.54, 1.807) is 12.1 Å². The third kappa shape index (κ3) is 2.75. The number of tetrazole rings is 1. The fourth-order valence-electron chi connectivity index (χ4n) is 1.24. The number of nitrogens with zero attached hydrogens (tertiary/aromatic N) is 4. The highest BCUT2D eigenvalue weighted by atomic mass is 79.9. The second kappa shape index (κ2) is 4.87. The van der Waals surface area contributed by atoms with Crippen molar-refractivity contribution in [2.75, 3.05) is 5.32 Å². The molecule has 2 rings (SSSR count). The molecule has 2 aromatic rings. The minimum Gasteiger partial charge on any atom is -0.372 e. The molecule has 0 atom stereocenters. The zero-order valence-corrected chi connectivity index (χ0v) is 10.0. The zero-order chi connectivity index (χ0) is 12.3. The molecule has 2 N–H and O–H groups in total. The largest absolute Gasteiger partial charge is 0.372 e. The number of hydrogen-bond acceptors (Lipinski definition) is 6. The lowest BCUT2D eigenvalue weighted by Crippen LogP contribution is -2.04. The van der Waals surface area contributed by atoms with Crippen molar-refractivity contribution in [3.05, 3.63) is 38.6 Å². The predicted octanol–water partition coefficient (Wildman–Crippen LogP) is 1.48.